The number of carbonyl (C=O) groups excluding carboxylic acids is 1. The Kier molecular flexibility index (Phi) is 5.85. The van der Waals surface area contributed by atoms with Gasteiger partial charge in [0.25, 0.3) is 0 Å². The van der Waals surface area contributed by atoms with Crippen LogP contribution in [0.5, 0.6) is 0 Å². The van der Waals surface area contributed by atoms with Gasteiger partial charge in [-0.05, 0) is 46.9 Å². The SMILES string of the molecule is CCOC(=O)c1cn(Cc2cccc3ccccc23)cc1Cc1cccc(C(=N)N)c1. The lowest BCUT2D eigenvalue weighted by Gasteiger charge is -2.08. The lowest BCUT2D eigenvalue weighted by Crippen LogP contribution is -2.11. The van der Waals surface area contributed by atoms with Crippen LogP contribution in [0.1, 0.15) is 39.5 Å². The number of benzene rings is 3. The fourth-order valence-corrected chi connectivity index (χ4v) is 3.88. The molecule has 0 amide bonds. The zero-order valence-electron chi connectivity index (χ0n) is 17.5. The molecule has 0 saturated carbocycles. The molecular weight excluding hydrogens is 386 g/mol. The highest BCUT2D eigenvalue weighted by atomic mass is 16.5. The van der Waals surface area contributed by atoms with Crippen LogP contribution in [0.15, 0.2) is 79.1 Å². The molecule has 0 aliphatic carbocycles. The van der Waals surface area contributed by atoms with E-state index in [2.05, 4.69) is 30.3 Å². The molecule has 0 spiro atoms. The summed E-state index contributed by atoms with van der Waals surface area (Å²) in [5, 5.41) is 10.1. The van der Waals surface area contributed by atoms with Gasteiger partial charge >= 0.3 is 5.97 Å². The normalized spacial score (nSPS) is 10.9. The first-order valence-electron chi connectivity index (χ1n) is 10.3. The molecule has 0 fully saturated rings. The number of nitrogens with zero attached hydrogens (tertiary/aromatic N) is 1. The molecule has 5 heteroatoms. The fourth-order valence-electron chi connectivity index (χ4n) is 3.88. The first-order chi connectivity index (χ1) is 15.0. The van der Waals surface area contributed by atoms with Gasteiger partial charge in [-0.25, -0.2) is 4.79 Å². The quantitative estimate of drug-likeness (QED) is 0.262. The van der Waals surface area contributed by atoms with Crippen molar-refractivity contribution in [2.75, 3.05) is 6.61 Å². The van der Waals surface area contributed by atoms with Crippen molar-refractivity contribution in [3.05, 3.63) is 107 Å². The number of nitrogen functional groups attached to an aromatic ring is 1. The summed E-state index contributed by atoms with van der Waals surface area (Å²) < 4.78 is 7.34. The van der Waals surface area contributed by atoms with Crippen LogP contribution >= 0.6 is 0 Å². The van der Waals surface area contributed by atoms with E-state index in [9.17, 15) is 4.79 Å². The van der Waals surface area contributed by atoms with Gasteiger partial charge in [0.2, 0.25) is 0 Å². The molecule has 1 heterocycles. The Morgan fingerprint density at radius 3 is 2.58 bits per heavy atom. The van der Waals surface area contributed by atoms with Crippen molar-refractivity contribution in [3.8, 4) is 0 Å². The summed E-state index contributed by atoms with van der Waals surface area (Å²) >= 11 is 0. The standard InChI is InChI=1S/C26H25N3O2/c1-2-31-26(30)24-17-29(15-21-11-6-9-19-8-3-4-12-23(19)21)16-22(24)14-18-7-5-10-20(13-18)25(27)28/h3-13,16-17H,2,14-15H2,1H3,(H3,27,28). The van der Waals surface area contributed by atoms with Crippen molar-refractivity contribution in [1.29, 1.82) is 5.41 Å². The zero-order valence-corrected chi connectivity index (χ0v) is 17.5. The van der Waals surface area contributed by atoms with Crippen molar-refractivity contribution in [1.82, 2.24) is 4.57 Å². The number of nitrogens with one attached hydrogen (secondary N) is 1. The third-order valence-electron chi connectivity index (χ3n) is 5.32. The summed E-state index contributed by atoms with van der Waals surface area (Å²) in [6.45, 7) is 2.79. The van der Waals surface area contributed by atoms with E-state index in [0.29, 0.717) is 30.7 Å². The summed E-state index contributed by atoms with van der Waals surface area (Å²) in [5.74, 6) is -0.294. The first kappa shape index (κ1) is 20.4. The topological polar surface area (TPSA) is 81.1 Å². The van der Waals surface area contributed by atoms with E-state index in [-0.39, 0.29) is 11.8 Å². The van der Waals surface area contributed by atoms with Crippen LogP contribution in [-0.4, -0.2) is 23.0 Å². The molecule has 156 valence electrons. The van der Waals surface area contributed by atoms with Gasteiger partial charge in [0.05, 0.1) is 12.2 Å². The van der Waals surface area contributed by atoms with Gasteiger partial charge in [-0.2, -0.15) is 0 Å². The zero-order chi connectivity index (χ0) is 21.8. The Balaban J connectivity index is 1.69. The van der Waals surface area contributed by atoms with E-state index < -0.39 is 0 Å². The van der Waals surface area contributed by atoms with Gasteiger partial charge in [-0.3, -0.25) is 5.41 Å². The fraction of sp³-hybridized carbons (Fsp3) is 0.154. The van der Waals surface area contributed by atoms with Gasteiger partial charge < -0.3 is 15.0 Å². The second-order valence-electron chi connectivity index (χ2n) is 7.52. The monoisotopic (exact) mass is 411 g/mol. The highest BCUT2D eigenvalue weighted by molar-refractivity contribution is 5.95. The van der Waals surface area contributed by atoms with Gasteiger partial charge in [0.1, 0.15) is 5.84 Å². The third-order valence-corrected chi connectivity index (χ3v) is 5.32. The number of fused-ring (bicyclic) bond motifs is 1. The number of aromatic nitrogens is 1. The molecule has 0 aliphatic heterocycles. The van der Waals surface area contributed by atoms with Gasteiger partial charge in [0.15, 0.2) is 0 Å². The molecule has 0 aliphatic rings. The molecule has 4 rings (SSSR count). The van der Waals surface area contributed by atoms with Crippen LogP contribution in [0, 0.1) is 5.41 Å². The number of carbonyl (C=O) groups is 1. The molecule has 3 N–H and O–H groups in total. The molecule has 1 aromatic heterocycles. The minimum absolute atomic E-state index is 0.0287. The van der Waals surface area contributed by atoms with Crippen molar-refractivity contribution in [3.63, 3.8) is 0 Å². The second-order valence-corrected chi connectivity index (χ2v) is 7.52. The van der Waals surface area contributed by atoms with Crippen molar-refractivity contribution in [2.24, 2.45) is 5.73 Å². The van der Waals surface area contributed by atoms with Gasteiger partial charge in [0, 0.05) is 24.5 Å². The van der Waals surface area contributed by atoms with Crippen LogP contribution < -0.4 is 5.73 Å². The van der Waals surface area contributed by atoms with E-state index >= 15 is 0 Å². The Morgan fingerprint density at radius 2 is 1.77 bits per heavy atom. The highest BCUT2D eigenvalue weighted by Crippen LogP contribution is 2.22. The minimum Gasteiger partial charge on any atom is -0.462 e. The second kappa shape index (κ2) is 8.88. The largest absolute Gasteiger partial charge is 0.462 e. The maximum absolute atomic E-state index is 12.6. The Labute approximate surface area is 181 Å². The summed E-state index contributed by atoms with van der Waals surface area (Å²) in [4.78, 5) is 12.6. The highest BCUT2D eigenvalue weighted by Gasteiger charge is 2.17. The van der Waals surface area contributed by atoms with E-state index in [0.717, 1.165) is 11.1 Å². The number of rotatable bonds is 7. The van der Waals surface area contributed by atoms with Gasteiger partial charge in [-0.1, -0.05) is 60.7 Å². The summed E-state index contributed by atoms with van der Waals surface area (Å²) in [6, 6.07) is 22.1. The summed E-state index contributed by atoms with van der Waals surface area (Å²) in [6.07, 6.45) is 4.43. The molecular formula is C26H25N3O2. The number of hydrogen-bond acceptors (Lipinski definition) is 3. The molecule has 0 bridgehead atoms. The molecule has 4 aromatic rings. The maximum atomic E-state index is 12.6. The van der Waals surface area contributed by atoms with Crippen LogP contribution in [-0.2, 0) is 17.7 Å². The Morgan fingerprint density at radius 1 is 1.00 bits per heavy atom. The molecule has 0 unspecified atom stereocenters. The molecule has 5 nitrogen and oxygen atoms in total. The van der Waals surface area contributed by atoms with Gasteiger partial charge in [-0.15, -0.1) is 0 Å². The predicted molar refractivity (Wildman–Crippen MR) is 124 cm³/mol. The predicted octanol–water partition coefficient (Wildman–Crippen LogP) is 4.74. The number of hydrogen-bond donors (Lipinski definition) is 2. The summed E-state index contributed by atoms with van der Waals surface area (Å²) in [5.41, 5.74) is 9.94. The van der Waals surface area contributed by atoms with E-state index in [1.807, 2.05) is 53.4 Å². The molecule has 31 heavy (non-hydrogen) atoms. The van der Waals surface area contributed by atoms with E-state index in [1.54, 1.807) is 6.92 Å². The average Bonchev–Trinajstić information content (AvgIpc) is 3.16. The number of nitrogens with two attached hydrogens (primary N) is 1. The minimum atomic E-state index is -0.322. The number of ether oxygens (including phenoxy) is 1. The molecule has 0 saturated heterocycles. The van der Waals surface area contributed by atoms with Crippen molar-refractivity contribution in [2.45, 2.75) is 19.9 Å². The van der Waals surface area contributed by atoms with Crippen molar-refractivity contribution < 1.29 is 9.53 Å². The third kappa shape index (κ3) is 4.51. The van der Waals surface area contributed by atoms with Crippen LogP contribution in [0.2, 0.25) is 0 Å². The lowest BCUT2D eigenvalue weighted by atomic mass is 10.0. The van der Waals surface area contributed by atoms with E-state index in [1.165, 1.54) is 16.3 Å². The Bertz CT molecular complexity index is 1250. The van der Waals surface area contributed by atoms with Crippen LogP contribution in [0.25, 0.3) is 10.8 Å². The number of esters is 1. The first-order valence-corrected chi connectivity index (χ1v) is 10.3. The molecule has 0 atom stereocenters. The maximum Gasteiger partial charge on any atom is 0.339 e. The summed E-state index contributed by atoms with van der Waals surface area (Å²) in [7, 11) is 0. The Hall–Kier alpha value is -3.86. The van der Waals surface area contributed by atoms with Crippen LogP contribution in [0.4, 0.5) is 0 Å². The van der Waals surface area contributed by atoms with E-state index in [4.69, 9.17) is 15.9 Å². The molecule has 0 radical (unpaired) electrons. The number of amidine groups is 1. The lowest BCUT2D eigenvalue weighted by molar-refractivity contribution is 0.0525. The van der Waals surface area contributed by atoms with Crippen molar-refractivity contribution >= 4 is 22.6 Å². The van der Waals surface area contributed by atoms with Crippen LogP contribution in [0.3, 0.4) is 0 Å². The average molecular weight is 412 g/mol. The smallest absolute Gasteiger partial charge is 0.339 e. The molecule has 3 aromatic carbocycles.